The molecule has 0 aromatic rings. The van der Waals surface area contributed by atoms with Crippen LogP contribution in [0.25, 0.3) is 0 Å². The van der Waals surface area contributed by atoms with Crippen molar-refractivity contribution in [2.24, 2.45) is 0 Å². The Kier molecular flexibility index (Phi) is 7.59. The van der Waals surface area contributed by atoms with E-state index in [-0.39, 0.29) is 12.8 Å². The molecule has 0 saturated carbocycles. The molecule has 0 unspecified atom stereocenters. The highest BCUT2D eigenvalue weighted by atomic mass is 19.4. The molecule has 0 spiro atoms. The fourth-order valence-electron chi connectivity index (χ4n) is 0.975. The quantitative estimate of drug-likeness (QED) is 0.402. The van der Waals surface area contributed by atoms with Gasteiger partial charge in [-0.15, -0.1) is 0 Å². The Balaban J connectivity index is 3.84. The van der Waals surface area contributed by atoms with E-state index in [0.29, 0.717) is 0 Å². The number of carbonyl (C=O) groups is 2. The lowest BCUT2D eigenvalue weighted by atomic mass is 10.3. The lowest BCUT2D eigenvalue weighted by molar-refractivity contribution is -0.219. The van der Waals surface area contributed by atoms with Gasteiger partial charge in [-0.3, -0.25) is 0 Å². The average molecular weight is 342 g/mol. The highest BCUT2D eigenvalue weighted by Gasteiger charge is 2.45. The van der Waals surface area contributed by atoms with Gasteiger partial charge in [0.05, 0.1) is 13.2 Å². The van der Waals surface area contributed by atoms with Crippen molar-refractivity contribution in [3.8, 4) is 0 Å². The zero-order valence-electron chi connectivity index (χ0n) is 10.8. The summed E-state index contributed by atoms with van der Waals surface area (Å²) in [5.41, 5.74) is 0. The SMILES string of the molecule is O=C(OCCCCOC(=O)[C@H](O)C(F)(F)F)[C@H](O)C(F)(F)F. The summed E-state index contributed by atoms with van der Waals surface area (Å²) in [7, 11) is 0. The predicted octanol–water partition coefficient (Wildman–Crippen LogP) is 0.699. The molecule has 0 bridgehead atoms. The molecular weight excluding hydrogens is 330 g/mol. The summed E-state index contributed by atoms with van der Waals surface area (Å²) in [5.74, 6) is -3.84. The number of carbonyl (C=O) groups excluding carboxylic acids is 2. The van der Waals surface area contributed by atoms with Crippen LogP contribution < -0.4 is 0 Å². The lowest BCUT2D eigenvalue weighted by Crippen LogP contribution is -2.38. The maximum absolute atomic E-state index is 11.9. The summed E-state index contributed by atoms with van der Waals surface area (Å²) < 4.78 is 79.3. The maximum Gasteiger partial charge on any atom is 0.425 e. The van der Waals surface area contributed by atoms with Gasteiger partial charge in [0.2, 0.25) is 12.2 Å². The summed E-state index contributed by atoms with van der Waals surface area (Å²) >= 11 is 0. The summed E-state index contributed by atoms with van der Waals surface area (Å²) in [6.45, 7) is -1.13. The minimum absolute atomic E-state index is 0.133. The Hall–Kier alpha value is -1.56. The summed E-state index contributed by atoms with van der Waals surface area (Å²) in [6.07, 6.45) is -17.2. The van der Waals surface area contributed by atoms with Crippen molar-refractivity contribution in [1.29, 1.82) is 0 Å². The third-order valence-corrected chi connectivity index (χ3v) is 2.09. The van der Waals surface area contributed by atoms with Crippen LogP contribution in [0.15, 0.2) is 0 Å². The van der Waals surface area contributed by atoms with E-state index < -0.39 is 49.7 Å². The zero-order valence-corrected chi connectivity index (χ0v) is 10.8. The molecule has 0 heterocycles. The number of hydrogen-bond donors (Lipinski definition) is 2. The number of aliphatic hydroxyl groups is 2. The van der Waals surface area contributed by atoms with Gasteiger partial charge >= 0.3 is 24.3 Å². The van der Waals surface area contributed by atoms with Gasteiger partial charge in [-0.25, -0.2) is 9.59 Å². The molecule has 130 valence electrons. The normalized spacial score (nSPS) is 15.1. The zero-order chi connectivity index (χ0) is 17.6. The molecule has 0 aliphatic heterocycles. The van der Waals surface area contributed by atoms with Crippen LogP contribution in [0.2, 0.25) is 0 Å². The van der Waals surface area contributed by atoms with Crippen LogP contribution in [0.1, 0.15) is 12.8 Å². The van der Waals surface area contributed by atoms with E-state index in [4.69, 9.17) is 10.2 Å². The van der Waals surface area contributed by atoms with Crippen molar-refractivity contribution < 1.29 is 55.6 Å². The van der Waals surface area contributed by atoms with E-state index in [9.17, 15) is 35.9 Å². The minimum atomic E-state index is -5.17. The Labute approximate surface area is 119 Å². The van der Waals surface area contributed by atoms with Gasteiger partial charge < -0.3 is 19.7 Å². The first-order chi connectivity index (χ1) is 9.87. The third-order valence-electron chi connectivity index (χ3n) is 2.09. The highest BCUT2D eigenvalue weighted by Crippen LogP contribution is 2.21. The molecule has 0 saturated heterocycles. The van der Waals surface area contributed by atoms with Crippen molar-refractivity contribution >= 4 is 11.9 Å². The Bertz CT molecular complexity index is 343. The van der Waals surface area contributed by atoms with Crippen LogP contribution >= 0.6 is 0 Å². The number of rotatable bonds is 7. The number of esters is 2. The first kappa shape index (κ1) is 20.4. The van der Waals surface area contributed by atoms with Crippen LogP contribution in [-0.4, -0.2) is 59.9 Å². The van der Waals surface area contributed by atoms with Crippen molar-refractivity contribution in [3.63, 3.8) is 0 Å². The van der Waals surface area contributed by atoms with Gasteiger partial charge in [0.25, 0.3) is 0 Å². The topological polar surface area (TPSA) is 93.1 Å². The smallest absolute Gasteiger partial charge is 0.425 e. The van der Waals surface area contributed by atoms with Crippen molar-refractivity contribution in [2.45, 2.75) is 37.4 Å². The molecule has 0 amide bonds. The van der Waals surface area contributed by atoms with E-state index in [1.807, 2.05) is 0 Å². The van der Waals surface area contributed by atoms with E-state index >= 15 is 0 Å². The van der Waals surface area contributed by atoms with Gasteiger partial charge in [-0.2, -0.15) is 26.3 Å². The van der Waals surface area contributed by atoms with Gasteiger partial charge in [0, 0.05) is 0 Å². The predicted molar refractivity (Wildman–Crippen MR) is 55.3 cm³/mol. The molecule has 6 nitrogen and oxygen atoms in total. The summed E-state index contributed by atoms with van der Waals surface area (Å²) in [5, 5.41) is 16.9. The molecular formula is C10H12F6O6. The monoisotopic (exact) mass is 342 g/mol. The molecule has 12 heteroatoms. The first-order valence-corrected chi connectivity index (χ1v) is 5.70. The number of hydrogen-bond acceptors (Lipinski definition) is 6. The second-order valence-electron chi connectivity index (χ2n) is 3.93. The Morgan fingerprint density at radius 3 is 1.27 bits per heavy atom. The largest absolute Gasteiger partial charge is 0.464 e. The second kappa shape index (κ2) is 8.17. The van der Waals surface area contributed by atoms with Gasteiger partial charge in [0.15, 0.2) is 0 Å². The average Bonchev–Trinajstić information content (AvgIpc) is 2.38. The summed E-state index contributed by atoms with van der Waals surface area (Å²) in [4.78, 5) is 21.4. The van der Waals surface area contributed by atoms with Crippen LogP contribution in [0.4, 0.5) is 26.3 Å². The van der Waals surface area contributed by atoms with E-state index in [1.165, 1.54) is 0 Å². The summed E-state index contributed by atoms with van der Waals surface area (Å²) in [6, 6.07) is 0. The molecule has 0 aromatic carbocycles. The standard InChI is InChI=1S/C10H12F6O6/c11-9(12,13)5(17)7(19)21-3-1-2-4-22-8(20)6(18)10(14,15)16/h5-6,17-18H,1-4H2/t5-,6-/m0/s1. The first-order valence-electron chi connectivity index (χ1n) is 5.70. The number of halogens is 6. The molecule has 0 fully saturated rings. The molecule has 22 heavy (non-hydrogen) atoms. The van der Waals surface area contributed by atoms with Crippen molar-refractivity contribution in [3.05, 3.63) is 0 Å². The van der Waals surface area contributed by atoms with Gasteiger partial charge in [-0.05, 0) is 12.8 Å². The molecule has 0 aliphatic rings. The Morgan fingerprint density at radius 2 is 1.05 bits per heavy atom. The molecule has 0 rings (SSSR count). The van der Waals surface area contributed by atoms with Crippen LogP contribution in [-0.2, 0) is 19.1 Å². The number of unbranched alkanes of at least 4 members (excludes halogenated alkanes) is 1. The third kappa shape index (κ3) is 7.45. The van der Waals surface area contributed by atoms with Crippen LogP contribution in [0, 0.1) is 0 Å². The molecule has 2 N–H and O–H groups in total. The highest BCUT2D eigenvalue weighted by molar-refractivity contribution is 5.75. The van der Waals surface area contributed by atoms with Gasteiger partial charge in [-0.1, -0.05) is 0 Å². The van der Waals surface area contributed by atoms with E-state index in [1.54, 1.807) is 0 Å². The van der Waals surface area contributed by atoms with Crippen molar-refractivity contribution in [2.75, 3.05) is 13.2 Å². The second-order valence-corrected chi connectivity index (χ2v) is 3.93. The van der Waals surface area contributed by atoms with E-state index in [0.717, 1.165) is 0 Å². The van der Waals surface area contributed by atoms with Crippen LogP contribution in [0.5, 0.6) is 0 Å². The fraction of sp³-hybridized carbons (Fsp3) is 0.800. The number of ether oxygens (including phenoxy) is 2. The number of aliphatic hydroxyl groups excluding tert-OH is 2. The molecule has 0 aliphatic carbocycles. The Morgan fingerprint density at radius 1 is 0.773 bits per heavy atom. The lowest BCUT2D eigenvalue weighted by Gasteiger charge is -2.14. The molecule has 2 atom stereocenters. The van der Waals surface area contributed by atoms with Crippen molar-refractivity contribution in [1.82, 2.24) is 0 Å². The maximum atomic E-state index is 11.9. The minimum Gasteiger partial charge on any atom is -0.464 e. The number of alkyl halides is 6. The molecule has 0 aromatic heterocycles. The molecule has 0 radical (unpaired) electrons. The van der Waals surface area contributed by atoms with Gasteiger partial charge in [0.1, 0.15) is 0 Å². The van der Waals surface area contributed by atoms with E-state index in [2.05, 4.69) is 9.47 Å². The van der Waals surface area contributed by atoms with Crippen LogP contribution in [0.3, 0.4) is 0 Å². The fourth-order valence-corrected chi connectivity index (χ4v) is 0.975.